The molecule has 1 fully saturated rings. The van der Waals surface area contributed by atoms with Crippen LogP contribution in [0.3, 0.4) is 0 Å². The number of carboxylic acids is 1. The van der Waals surface area contributed by atoms with E-state index in [0.717, 1.165) is 26.1 Å². The Kier molecular flexibility index (Phi) is 5.92. The first-order valence-corrected chi connectivity index (χ1v) is 8.47. The van der Waals surface area contributed by atoms with Gasteiger partial charge in [-0.1, -0.05) is 12.1 Å². The van der Waals surface area contributed by atoms with Gasteiger partial charge >= 0.3 is 5.97 Å². The van der Waals surface area contributed by atoms with Crippen molar-refractivity contribution in [2.45, 2.75) is 37.1 Å². The number of nitrogens with zero attached hydrogens (tertiary/aromatic N) is 1. The molecule has 1 heterocycles. The van der Waals surface area contributed by atoms with Crippen molar-refractivity contribution < 1.29 is 9.90 Å². The molecule has 1 aromatic carbocycles. The summed E-state index contributed by atoms with van der Waals surface area (Å²) < 4.78 is 0. The SMILES string of the molecule is CSc1ccc(CN2CCCC(CCC(=O)O)C2)cc1. The fourth-order valence-corrected chi connectivity index (χ4v) is 3.26. The Morgan fingerprint density at radius 2 is 2.15 bits per heavy atom. The van der Waals surface area contributed by atoms with Crippen LogP contribution in [0.1, 0.15) is 31.2 Å². The minimum atomic E-state index is -0.672. The van der Waals surface area contributed by atoms with Crippen LogP contribution >= 0.6 is 11.8 Å². The van der Waals surface area contributed by atoms with Crippen molar-refractivity contribution in [3.05, 3.63) is 29.8 Å². The highest BCUT2D eigenvalue weighted by Gasteiger charge is 2.20. The summed E-state index contributed by atoms with van der Waals surface area (Å²) >= 11 is 1.76. The quantitative estimate of drug-likeness (QED) is 0.815. The van der Waals surface area contributed by atoms with Crippen molar-refractivity contribution in [1.29, 1.82) is 0 Å². The lowest BCUT2D eigenvalue weighted by atomic mass is 9.93. The third-order valence-corrected chi connectivity index (χ3v) is 4.68. The number of likely N-dealkylation sites (tertiary alicyclic amines) is 1. The number of piperidine rings is 1. The van der Waals surface area contributed by atoms with E-state index in [0.29, 0.717) is 12.3 Å². The topological polar surface area (TPSA) is 40.5 Å². The summed E-state index contributed by atoms with van der Waals surface area (Å²) in [5.74, 6) is -0.125. The Morgan fingerprint density at radius 1 is 1.40 bits per heavy atom. The number of aliphatic carboxylic acids is 1. The zero-order chi connectivity index (χ0) is 14.4. The molecule has 4 heteroatoms. The van der Waals surface area contributed by atoms with E-state index < -0.39 is 5.97 Å². The predicted octanol–water partition coefficient (Wildman–Crippen LogP) is 3.49. The summed E-state index contributed by atoms with van der Waals surface area (Å²) in [6.45, 7) is 3.16. The molecule has 20 heavy (non-hydrogen) atoms. The second kappa shape index (κ2) is 7.70. The lowest BCUT2D eigenvalue weighted by Crippen LogP contribution is -2.35. The fraction of sp³-hybridized carbons (Fsp3) is 0.562. The Labute approximate surface area is 125 Å². The molecule has 3 nitrogen and oxygen atoms in total. The molecule has 1 aromatic rings. The highest BCUT2D eigenvalue weighted by atomic mass is 32.2. The minimum Gasteiger partial charge on any atom is -0.481 e. The van der Waals surface area contributed by atoms with Crippen LogP contribution in [-0.4, -0.2) is 35.3 Å². The molecule has 1 atom stereocenters. The lowest BCUT2D eigenvalue weighted by molar-refractivity contribution is -0.137. The van der Waals surface area contributed by atoms with Crippen LogP contribution in [0.2, 0.25) is 0 Å². The van der Waals surface area contributed by atoms with Crippen LogP contribution in [-0.2, 0) is 11.3 Å². The molecule has 0 amide bonds. The lowest BCUT2D eigenvalue weighted by Gasteiger charge is -2.32. The Morgan fingerprint density at radius 3 is 2.80 bits per heavy atom. The van der Waals surface area contributed by atoms with Gasteiger partial charge in [-0.05, 0) is 55.7 Å². The largest absolute Gasteiger partial charge is 0.481 e. The minimum absolute atomic E-state index is 0.306. The maximum atomic E-state index is 10.7. The Bertz CT molecular complexity index is 433. The number of hydrogen-bond acceptors (Lipinski definition) is 3. The number of thioether (sulfide) groups is 1. The maximum Gasteiger partial charge on any atom is 0.303 e. The summed E-state index contributed by atoms with van der Waals surface area (Å²) in [5.41, 5.74) is 1.35. The average Bonchev–Trinajstić information content (AvgIpc) is 2.46. The first-order valence-electron chi connectivity index (χ1n) is 7.24. The average molecular weight is 293 g/mol. The molecule has 2 rings (SSSR count). The van der Waals surface area contributed by atoms with E-state index in [4.69, 9.17) is 5.11 Å². The molecule has 110 valence electrons. The number of benzene rings is 1. The predicted molar refractivity (Wildman–Crippen MR) is 83.1 cm³/mol. The van der Waals surface area contributed by atoms with Crippen LogP contribution in [0.15, 0.2) is 29.2 Å². The first-order chi connectivity index (χ1) is 9.67. The van der Waals surface area contributed by atoms with Gasteiger partial charge in [0.1, 0.15) is 0 Å². The van der Waals surface area contributed by atoms with Crippen LogP contribution in [0.5, 0.6) is 0 Å². The molecule has 0 aliphatic carbocycles. The second-order valence-electron chi connectivity index (χ2n) is 5.52. The highest BCUT2D eigenvalue weighted by molar-refractivity contribution is 7.98. The van der Waals surface area contributed by atoms with Gasteiger partial charge in [0.05, 0.1) is 0 Å². The van der Waals surface area contributed by atoms with Gasteiger partial charge in [0.2, 0.25) is 0 Å². The molecule has 1 saturated heterocycles. The molecule has 0 spiro atoms. The van der Waals surface area contributed by atoms with Gasteiger partial charge in [-0.2, -0.15) is 0 Å². The Hall–Kier alpha value is -1.00. The monoisotopic (exact) mass is 293 g/mol. The number of hydrogen-bond donors (Lipinski definition) is 1. The van der Waals surface area contributed by atoms with Crippen molar-refractivity contribution in [3.63, 3.8) is 0 Å². The van der Waals surface area contributed by atoms with Crippen LogP contribution in [0.25, 0.3) is 0 Å². The molecule has 0 bridgehead atoms. The van der Waals surface area contributed by atoms with E-state index in [2.05, 4.69) is 35.4 Å². The van der Waals surface area contributed by atoms with E-state index in [1.165, 1.54) is 23.3 Å². The van der Waals surface area contributed by atoms with Crippen molar-refractivity contribution in [2.75, 3.05) is 19.3 Å². The smallest absolute Gasteiger partial charge is 0.303 e. The third kappa shape index (κ3) is 4.84. The van der Waals surface area contributed by atoms with Gasteiger partial charge in [-0.15, -0.1) is 11.8 Å². The number of carbonyl (C=O) groups is 1. The number of rotatable bonds is 6. The molecular weight excluding hydrogens is 270 g/mol. The summed E-state index contributed by atoms with van der Waals surface area (Å²) in [5, 5.41) is 8.78. The van der Waals surface area contributed by atoms with Crippen molar-refractivity contribution in [2.24, 2.45) is 5.92 Å². The van der Waals surface area contributed by atoms with Gasteiger partial charge in [-0.3, -0.25) is 9.69 Å². The normalized spacial score (nSPS) is 19.9. The maximum absolute atomic E-state index is 10.7. The highest BCUT2D eigenvalue weighted by Crippen LogP contribution is 2.23. The van der Waals surface area contributed by atoms with E-state index in [9.17, 15) is 4.79 Å². The van der Waals surface area contributed by atoms with Crippen molar-refractivity contribution >= 4 is 17.7 Å². The zero-order valence-electron chi connectivity index (χ0n) is 12.0. The standard InChI is InChI=1S/C16H23NO2S/c1-20-15-7-4-14(5-8-15)12-17-10-2-3-13(11-17)6-9-16(18)19/h4-5,7-8,13H,2-3,6,9-12H2,1H3,(H,18,19). The van der Waals surface area contributed by atoms with Gasteiger partial charge in [0.15, 0.2) is 0 Å². The van der Waals surface area contributed by atoms with Crippen LogP contribution in [0, 0.1) is 5.92 Å². The molecule has 0 saturated carbocycles. The first kappa shape index (κ1) is 15.4. The van der Waals surface area contributed by atoms with Crippen molar-refractivity contribution in [1.82, 2.24) is 4.90 Å². The molecule has 1 aliphatic heterocycles. The van der Waals surface area contributed by atoms with E-state index in [1.54, 1.807) is 11.8 Å². The third-order valence-electron chi connectivity index (χ3n) is 3.93. The van der Waals surface area contributed by atoms with Crippen LogP contribution < -0.4 is 0 Å². The fourth-order valence-electron chi connectivity index (χ4n) is 2.85. The zero-order valence-corrected chi connectivity index (χ0v) is 12.9. The summed E-state index contributed by atoms with van der Waals surface area (Å²) in [4.78, 5) is 14.4. The van der Waals surface area contributed by atoms with Crippen molar-refractivity contribution in [3.8, 4) is 0 Å². The molecule has 1 unspecified atom stereocenters. The second-order valence-corrected chi connectivity index (χ2v) is 6.40. The molecule has 1 N–H and O–H groups in total. The molecule has 0 aromatic heterocycles. The van der Waals surface area contributed by atoms with Gasteiger partial charge in [0.25, 0.3) is 0 Å². The van der Waals surface area contributed by atoms with E-state index in [1.807, 2.05) is 0 Å². The van der Waals surface area contributed by atoms with Gasteiger partial charge < -0.3 is 5.11 Å². The number of carboxylic acid groups (broad SMARTS) is 1. The van der Waals surface area contributed by atoms with Gasteiger partial charge in [-0.25, -0.2) is 0 Å². The summed E-state index contributed by atoms with van der Waals surface area (Å²) in [6.07, 6.45) is 5.58. The van der Waals surface area contributed by atoms with E-state index in [-0.39, 0.29) is 0 Å². The van der Waals surface area contributed by atoms with E-state index >= 15 is 0 Å². The summed E-state index contributed by atoms with van der Waals surface area (Å²) in [7, 11) is 0. The molecule has 1 aliphatic rings. The molecule has 0 radical (unpaired) electrons. The molecular formula is C16H23NO2S. The summed E-state index contributed by atoms with van der Waals surface area (Å²) in [6, 6.07) is 8.75. The Balaban J connectivity index is 1.83. The van der Waals surface area contributed by atoms with Gasteiger partial charge in [0, 0.05) is 24.4 Å². The van der Waals surface area contributed by atoms with Crippen LogP contribution in [0.4, 0.5) is 0 Å².